The summed E-state index contributed by atoms with van der Waals surface area (Å²) in [5, 5.41) is 13.0. The first-order chi connectivity index (χ1) is 12.7. The van der Waals surface area contributed by atoms with Crippen molar-refractivity contribution in [3.63, 3.8) is 0 Å². The van der Waals surface area contributed by atoms with Gasteiger partial charge in [0, 0.05) is 17.8 Å². The maximum Gasteiger partial charge on any atom is 0.258 e. The topological polar surface area (TPSA) is 72.2 Å². The molecule has 0 atom stereocenters. The number of fused-ring (bicyclic) bond motifs is 1. The van der Waals surface area contributed by atoms with Crippen molar-refractivity contribution in [2.45, 2.75) is 58.3 Å². The smallest absolute Gasteiger partial charge is 0.258 e. The van der Waals surface area contributed by atoms with Gasteiger partial charge in [-0.05, 0) is 38.3 Å². The molecule has 4 rings (SSSR count). The molecular formula is C19H23N5OS. The summed E-state index contributed by atoms with van der Waals surface area (Å²) in [4.78, 5) is 17.2. The molecule has 0 aliphatic heterocycles. The normalized spacial score (nSPS) is 15.5. The minimum atomic E-state index is -0.163. The van der Waals surface area contributed by atoms with Crippen molar-refractivity contribution in [2.75, 3.05) is 5.32 Å². The molecule has 1 aliphatic carbocycles. The second-order valence-corrected chi connectivity index (χ2v) is 7.89. The first-order valence-electron chi connectivity index (χ1n) is 9.28. The van der Waals surface area contributed by atoms with Crippen LogP contribution in [0.15, 0.2) is 18.3 Å². The number of aromatic nitrogens is 4. The summed E-state index contributed by atoms with van der Waals surface area (Å²) in [6, 6.07) is 3.69. The van der Waals surface area contributed by atoms with E-state index in [0.717, 1.165) is 28.5 Å². The molecule has 0 bridgehead atoms. The van der Waals surface area contributed by atoms with E-state index in [9.17, 15) is 4.79 Å². The summed E-state index contributed by atoms with van der Waals surface area (Å²) in [7, 11) is 0. The number of imidazole rings is 1. The van der Waals surface area contributed by atoms with Gasteiger partial charge in [-0.15, -0.1) is 10.2 Å². The van der Waals surface area contributed by atoms with Crippen LogP contribution >= 0.6 is 11.3 Å². The Bertz CT molecular complexity index is 939. The summed E-state index contributed by atoms with van der Waals surface area (Å²) in [5.41, 5.74) is 3.60. The number of nitrogens with one attached hydrogen (secondary N) is 1. The fourth-order valence-corrected chi connectivity index (χ4v) is 4.56. The number of carbonyl (C=O) groups excluding carboxylic acids is 1. The van der Waals surface area contributed by atoms with E-state index in [1.54, 1.807) is 6.07 Å². The van der Waals surface area contributed by atoms with E-state index in [2.05, 4.69) is 27.4 Å². The van der Waals surface area contributed by atoms with E-state index in [1.807, 2.05) is 23.6 Å². The Hall–Kier alpha value is -2.28. The van der Waals surface area contributed by atoms with Crippen LogP contribution in [0.25, 0.3) is 5.65 Å². The average Bonchev–Trinajstić information content (AvgIpc) is 3.26. The van der Waals surface area contributed by atoms with Crippen molar-refractivity contribution >= 4 is 28.0 Å². The second-order valence-electron chi connectivity index (χ2n) is 6.88. The lowest BCUT2D eigenvalue weighted by Crippen LogP contribution is -2.12. The fourth-order valence-electron chi connectivity index (χ4n) is 3.65. The van der Waals surface area contributed by atoms with Crippen LogP contribution in [0.5, 0.6) is 0 Å². The van der Waals surface area contributed by atoms with E-state index in [1.165, 1.54) is 43.4 Å². The Balaban J connectivity index is 1.52. The first kappa shape index (κ1) is 17.1. The van der Waals surface area contributed by atoms with E-state index >= 15 is 0 Å². The van der Waals surface area contributed by atoms with Crippen LogP contribution in [0.1, 0.15) is 71.7 Å². The molecule has 3 aromatic heterocycles. The van der Waals surface area contributed by atoms with E-state index in [-0.39, 0.29) is 5.91 Å². The molecule has 1 amide bonds. The third-order valence-corrected chi connectivity index (χ3v) is 6.17. The van der Waals surface area contributed by atoms with Crippen LogP contribution in [-0.2, 0) is 6.42 Å². The Kier molecular flexibility index (Phi) is 4.72. The molecule has 136 valence electrons. The summed E-state index contributed by atoms with van der Waals surface area (Å²) < 4.78 is 1.97. The summed E-state index contributed by atoms with van der Waals surface area (Å²) in [6.07, 6.45) is 8.91. The molecule has 0 spiro atoms. The zero-order valence-electron chi connectivity index (χ0n) is 15.2. The standard InChI is InChI=1S/C19H23N5OS/c1-3-15-12(2)24-11-14(9-10-16(24)20-15)17(25)21-19-23-22-18(26-19)13-7-5-4-6-8-13/h9-11,13H,3-8H2,1-2H3,(H,21,23,25). The van der Waals surface area contributed by atoms with Gasteiger partial charge in [-0.2, -0.15) is 0 Å². The molecule has 1 aliphatic rings. The number of amides is 1. The maximum absolute atomic E-state index is 12.6. The Labute approximate surface area is 156 Å². The van der Waals surface area contributed by atoms with Crippen LogP contribution in [0.3, 0.4) is 0 Å². The molecule has 0 unspecified atom stereocenters. The zero-order chi connectivity index (χ0) is 18.1. The monoisotopic (exact) mass is 369 g/mol. The van der Waals surface area contributed by atoms with Crippen molar-refractivity contribution in [1.82, 2.24) is 19.6 Å². The largest absolute Gasteiger partial charge is 0.303 e. The van der Waals surface area contributed by atoms with Gasteiger partial charge in [0.2, 0.25) is 5.13 Å². The van der Waals surface area contributed by atoms with Crippen molar-refractivity contribution in [3.8, 4) is 0 Å². The summed E-state index contributed by atoms with van der Waals surface area (Å²) in [6.45, 7) is 4.11. The van der Waals surface area contributed by atoms with Gasteiger partial charge in [0.25, 0.3) is 5.91 Å². The first-order valence-corrected chi connectivity index (χ1v) is 10.1. The van der Waals surface area contributed by atoms with Crippen LogP contribution in [0, 0.1) is 6.92 Å². The molecule has 7 heteroatoms. The van der Waals surface area contributed by atoms with Gasteiger partial charge in [0.15, 0.2) is 0 Å². The number of rotatable bonds is 4. The van der Waals surface area contributed by atoms with Crippen molar-refractivity contribution in [2.24, 2.45) is 0 Å². The molecule has 0 saturated heterocycles. The number of anilines is 1. The average molecular weight is 369 g/mol. The highest BCUT2D eigenvalue weighted by Gasteiger charge is 2.20. The minimum absolute atomic E-state index is 0.163. The predicted octanol–water partition coefficient (Wildman–Crippen LogP) is 4.36. The van der Waals surface area contributed by atoms with Crippen LogP contribution in [-0.4, -0.2) is 25.5 Å². The lowest BCUT2D eigenvalue weighted by Gasteiger charge is -2.18. The van der Waals surface area contributed by atoms with Gasteiger partial charge in [-0.25, -0.2) is 4.98 Å². The van der Waals surface area contributed by atoms with Crippen LogP contribution < -0.4 is 5.32 Å². The van der Waals surface area contributed by atoms with Gasteiger partial charge >= 0.3 is 0 Å². The highest BCUT2D eigenvalue weighted by atomic mass is 32.1. The van der Waals surface area contributed by atoms with Gasteiger partial charge in [0.1, 0.15) is 10.7 Å². The van der Waals surface area contributed by atoms with E-state index in [4.69, 9.17) is 0 Å². The molecule has 0 aromatic carbocycles. The lowest BCUT2D eigenvalue weighted by atomic mass is 9.90. The lowest BCUT2D eigenvalue weighted by molar-refractivity contribution is 0.102. The molecule has 0 radical (unpaired) electrons. The zero-order valence-corrected chi connectivity index (χ0v) is 16.0. The quantitative estimate of drug-likeness (QED) is 0.742. The summed E-state index contributed by atoms with van der Waals surface area (Å²) >= 11 is 1.50. The number of carbonyl (C=O) groups is 1. The van der Waals surface area contributed by atoms with E-state index in [0.29, 0.717) is 16.6 Å². The molecule has 3 aromatic rings. The molecule has 1 N–H and O–H groups in total. The Morgan fingerprint density at radius 1 is 1.27 bits per heavy atom. The van der Waals surface area contributed by atoms with Crippen LogP contribution in [0.2, 0.25) is 0 Å². The molecule has 3 heterocycles. The maximum atomic E-state index is 12.6. The number of nitrogens with zero attached hydrogens (tertiary/aromatic N) is 4. The van der Waals surface area contributed by atoms with Crippen molar-refractivity contribution < 1.29 is 4.79 Å². The number of pyridine rings is 1. The third-order valence-electron chi connectivity index (χ3n) is 5.17. The molecule has 6 nitrogen and oxygen atoms in total. The van der Waals surface area contributed by atoms with Crippen molar-refractivity contribution in [3.05, 3.63) is 40.3 Å². The Morgan fingerprint density at radius 2 is 2.08 bits per heavy atom. The molecule has 1 saturated carbocycles. The highest BCUT2D eigenvalue weighted by molar-refractivity contribution is 7.15. The van der Waals surface area contributed by atoms with E-state index < -0.39 is 0 Å². The van der Waals surface area contributed by atoms with Gasteiger partial charge < -0.3 is 4.40 Å². The van der Waals surface area contributed by atoms with Gasteiger partial charge in [-0.1, -0.05) is 37.5 Å². The second kappa shape index (κ2) is 7.15. The van der Waals surface area contributed by atoms with Gasteiger partial charge in [-0.3, -0.25) is 10.1 Å². The number of hydrogen-bond donors (Lipinski definition) is 1. The summed E-state index contributed by atoms with van der Waals surface area (Å²) in [5.74, 6) is 0.341. The number of aryl methyl sites for hydroxylation is 2. The molecule has 26 heavy (non-hydrogen) atoms. The third kappa shape index (κ3) is 3.23. The molecular weight excluding hydrogens is 346 g/mol. The SMILES string of the molecule is CCc1nc2ccc(C(=O)Nc3nnc(C4CCCCC4)s3)cn2c1C. The van der Waals surface area contributed by atoms with Crippen LogP contribution in [0.4, 0.5) is 5.13 Å². The fraction of sp³-hybridized carbons (Fsp3) is 0.474. The minimum Gasteiger partial charge on any atom is -0.303 e. The number of hydrogen-bond acceptors (Lipinski definition) is 5. The highest BCUT2D eigenvalue weighted by Crippen LogP contribution is 2.35. The van der Waals surface area contributed by atoms with Gasteiger partial charge in [0.05, 0.1) is 11.3 Å². The van der Waals surface area contributed by atoms with Crippen molar-refractivity contribution in [1.29, 1.82) is 0 Å². The Morgan fingerprint density at radius 3 is 2.85 bits per heavy atom. The molecule has 1 fully saturated rings. The predicted molar refractivity (Wildman–Crippen MR) is 103 cm³/mol.